The molecule has 1 aliphatic rings. The summed E-state index contributed by atoms with van der Waals surface area (Å²) in [6.07, 6.45) is 2.37. The Morgan fingerprint density at radius 3 is 3.00 bits per heavy atom. The summed E-state index contributed by atoms with van der Waals surface area (Å²) in [5.41, 5.74) is 0. The van der Waals surface area contributed by atoms with Gasteiger partial charge in [-0.25, -0.2) is 0 Å². The van der Waals surface area contributed by atoms with Crippen molar-refractivity contribution in [3.05, 3.63) is 18.3 Å². The van der Waals surface area contributed by atoms with E-state index in [-0.39, 0.29) is 0 Å². The highest BCUT2D eigenvalue weighted by atomic mass is 16.6. The molecule has 1 aromatic heterocycles. The van der Waals surface area contributed by atoms with Crippen LogP contribution < -0.4 is 4.90 Å². The molecule has 1 aromatic rings. The van der Waals surface area contributed by atoms with E-state index in [9.17, 15) is 0 Å². The topological polar surface area (TPSA) is 31.6 Å². The highest BCUT2D eigenvalue weighted by molar-refractivity contribution is 5.39. The average molecular weight is 166 g/mol. The Morgan fingerprint density at radius 1 is 1.75 bits per heavy atom. The van der Waals surface area contributed by atoms with E-state index in [1.165, 1.54) is 0 Å². The molecule has 2 rings (SSSR count). The summed E-state index contributed by atoms with van der Waals surface area (Å²) in [4.78, 5) is 5.38. The normalized spacial score (nSPS) is 23.7. The van der Waals surface area contributed by atoms with Crippen molar-refractivity contribution in [2.24, 2.45) is 0 Å². The van der Waals surface area contributed by atoms with E-state index in [1.807, 2.05) is 12.3 Å². The molecule has 3 heteroatoms. The summed E-state index contributed by atoms with van der Waals surface area (Å²) >= 11 is 0. The van der Waals surface area contributed by atoms with Gasteiger partial charge in [0.1, 0.15) is 11.9 Å². The summed E-state index contributed by atoms with van der Waals surface area (Å²) in [5, 5.41) is 0. The molecule has 2 atom stereocenters. The molecule has 2 unspecified atom stereocenters. The summed E-state index contributed by atoms with van der Waals surface area (Å²) in [6, 6.07) is 4.54. The minimum Gasteiger partial charge on any atom is -0.371 e. The Labute approximate surface area is 72.3 Å². The van der Waals surface area contributed by atoms with Gasteiger partial charge in [0.05, 0.1) is 12.6 Å². The minimum atomic E-state index is 0.429. The van der Waals surface area contributed by atoms with E-state index < -0.39 is 0 Å². The van der Waals surface area contributed by atoms with Crippen molar-refractivity contribution >= 4 is 5.82 Å². The van der Waals surface area contributed by atoms with Crippen LogP contribution in [-0.4, -0.2) is 30.8 Å². The lowest BCUT2D eigenvalue weighted by molar-refractivity contribution is 0.376. The Morgan fingerprint density at radius 2 is 2.50 bits per heavy atom. The van der Waals surface area contributed by atoms with Crippen molar-refractivity contribution in [1.82, 2.24) is 4.98 Å². The number of likely N-dealkylation sites (N-methyl/N-ethyl adjacent to an activating group) is 1. The molecule has 1 fully saturated rings. The van der Waals surface area contributed by atoms with Gasteiger partial charge in [-0.2, -0.15) is 0 Å². The molecule has 0 amide bonds. The van der Waals surface area contributed by atoms with Crippen LogP contribution in [0, 0.1) is 0 Å². The summed E-state index contributed by atoms with van der Waals surface area (Å²) in [7, 11) is 2.08. The number of epoxide rings is 1. The van der Waals surface area contributed by atoms with Crippen LogP contribution in [0.4, 0.5) is 5.82 Å². The van der Waals surface area contributed by atoms with Gasteiger partial charge in [0, 0.05) is 13.2 Å². The van der Waals surface area contributed by atoms with Crippen LogP contribution >= 0.6 is 0 Å². The number of nitrogens with zero attached hydrogens (tertiary/aromatic N) is 1. The number of nitrogens with one attached hydrogen (secondary N) is 1. The number of H-pyrrole nitrogens is 1. The van der Waals surface area contributed by atoms with E-state index in [4.69, 9.17) is 4.74 Å². The van der Waals surface area contributed by atoms with E-state index in [0.29, 0.717) is 12.1 Å². The number of hydrogen-bond donors (Lipinski definition) is 1. The maximum Gasteiger partial charge on any atom is 0.105 e. The Bertz CT molecular complexity index is 241. The third-order valence-electron chi connectivity index (χ3n) is 2.47. The first kappa shape index (κ1) is 7.68. The van der Waals surface area contributed by atoms with E-state index in [0.717, 1.165) is 12.4 Å². The third kappa shape index (κ3) is 1.32. The lowest BCUT2D eigenvalue weighted by Crippen LogP contribution is -2.33. The number of anilines is 1. The van der Waals surface area contributed by atoms with Crippen molar-refractivity contribution in [3.63, 3.8) is 0 Å². The Kier molecular flexibility index (Phi) is 1.81. The number of rotatable bonds is 3. The van der Waals surface area contributed by atoms with Gasteiger partial charge in [0.15, 0.2) is 0 Å². The second-order valence-electron chi connectivity index (χ2n) is 3.28. The zero-order chi connectivity index (χ0) is 8.55. The molecular formula is C9H14N2O. The lowest BCUT2D eigenvalue weighted by Gasteiger charge is -2.23. The molecule has 66 valence electrons. The van der Waals surface area contributed by atoms with Crippen molar-refractivity contribution in [3.8, 4) is 0 Å². The molecule has 0 spiro atoms. The largest absolute Gasteiger partial charge is 0.371 e. The van der Waals surface area contributed by atoms with Crippen molar-refractivity contribution in [1.29, 1.82) is 0 Å². The molecule has 1 N–H and O–H groups in total. The molecule has 12 heavy (non-hydrogen) atoms. The number of aromatic amines is 1. The number of aromatic nitrogens is 1. The van der Waals surface area contributed by atoms with Crippen molar-refractivity contribution in [2.75, 3.05) is 18.6 Å². The van der Waals surface area contributed by atoms with Crippen LogP contribution in [-0.2, 0) is 4.74 Å². The number of ether oxygens (including phenoxy) is 1. The zero-order valence-corrected chi connectivity index (χ0v) is 7.45. The first-order valence-corrected chi connectivity index (χ1v) is 4.27. The van der Waals surface area contributed by atoms with Crippen LogP contribution in [0.15, 0.2) is 18.3 Å². The molecule has 0 radical (unpaired) electrons. The summed E-state index contributed by atoms with van der Waals surface area (Å²) < 4.78 is 5.23. The van der Waals surface area contributed by atoms with E-state index in [1.54, 1.807) is 0 Å². The molecule has 0 aliphatic carbocycles. The SMILES string of the molecule is CC(C1CO1)N(C)c1ccc[nH]1. The monoisotopic (exact) mass is 166 g/mol. The predicted molar refractivity (Wildman–Crippen MR) is 48.4 cm³/mol. The third-order valence-corrected chi connectivity index (χ3v) is 2.47. The molecule has 0 bridgehead atoms. The van der Waals surface area contributed by atoms with Crippen LogP contribution in [0.3, 0.4) is 0 Å². The lowest BCUT2D eigenvalue weighted by atomic mass is 10.2. The van der Waals surface area contributed by atoms with Gasteiger partial charge in [-0.3, -0.25) is 0 Å². The first-order valence-electron chi connectivity index (χ1n) is 4.27. The predicted octanol–water partition coefficient (Wildman–Crippen LogP) is 1.24. The smallest absolute Gasteiger partial charge is 0.105 e. The fourth-order valence-corrected chi connectivity index (χ4v) is 1.34. The van der Waals surface area contributed by atoms with Gasteiger partial charge in [0.25, 0.3) is 0 Å². The van der Waals surface area contributed by atoms with E-state index >= 15 is 0 Å². The van der Waals surface area contributed by atoms with Crippen LogP contribution in [0.2, 0.25) is 0 Å². The van der Waals surface area contributed by atoms with Crippen LogP contribution in [0.5, 0.6) is 0 Å². The second-order valence-corrected chi connectivity index (χ2v) is 3.28. The molecule has 2 heterocycles. The molecular weight excluding hydrogens is 152 g/mol. The van der Waals surface area contributed by atoms with Gasteiger partial charge in [-0.1, -0.05) is 0 Å². The zero-order valence-electron chi connectivity index (χ0n) is 7.45. The fraction of sp³-hybridized carbons (Fsp3) is 0.556. The molecule has 1 saturated heterocycles. The Balaban J connectivity index is 2.03. The standard InChI is InChI=1S/C9H14N2O/c1-7(8-6-12-8)11(2)9-4-3-5-10-9/h3-5,7-8,10H,6H2,1-2H3. The van der Waals surface area contributed by atoms with Crippen LogP contribution in [0.1, 0.15) is 6.92 Å². The summed E-state index contributed by atoms with van der Waals surface area (Å²) in [5.74, 6) is 1.15. The van der Waals surface area contributed by atoms with Gasteiger partial charge < -0.3 is 14.6 Å². The van der Waals surface area contributed by atoms with Gasteiger partial charge in [-0.15, -0.1) is 0 Å². The highest BCUT2D eigenvalue weighted by Crippen LogP contribution is 2.21. The maximum atomic E-state index is 5.23. The van der Waals surface area contributed by atoms with Gasteiger partial charge in [-0.05, 0) is 19.1 Å². The van der Waals surface area contributed by atoms with E-state index in [2.05, 4.69) is 29.9 Å². The molecule has 0 saturated carbocycles. The fourth-order valence-electron chi connectivity index (χ4n) is 1.34. The van der Waals surface area contributed by atoms with Gasteiger partial charge in [0.2, 0.25) is 0 Å². The average Bonchev–Trinajstić information content (AvgIpc) is 2.79. The van der Waals surface area contributed by atoms with Crippen LogP contribution in [0.25, 0.3) is 0 Å². The first-order chi connectivity index (χ1) is 5.79. The highest BCUT2D eigenvalue weighted by Gasteiger charge is 2.32. The second kappa shape index (κ2) is 2.83. The quantitative estimate of drug-likeness (QED) is 0.685. The molecule has 1 aliphatic heterocycles. The van der Waals surface area contributed by atoms with Gasteiger partial charge >= 0.3 is 0 Å². The molecule has 0 aromatic carbocycles. The Hall–Kier alpha value is -0.960. The van der Waals surface area contributed by atoms with Crippen molar-refractivity contribution in [2.45, 2.75) is 19.1 Å². The van der Waals surface area contributed by atoms with Crippen molar-refractivity contribution < 1.29 is 4.74 Å². The number of hydrogen-bond acceptors (Lipinski definition) is 2. The summed E-state index contributed by atoms with van der Waals surface area (Å²) in [6.45, 7) is 3.09. The minimum absolute atomic E-state index is 0.429. The maximum absolute atomic E-state index is 5.23. The molecule has 3 nitrogen and oxygen atoms in total.